The van der Waals surface area contributed by atoms with E-state index in [1.165, 1.54) is 0 Å². The van der Waals surface area contributed by atoms with Gasteiger partial charge in [-0.15, -0.1) is 0 Å². The van der Waals surface area contributed by atoms with Crippen LogP contribution < -0.4 is 4.74 Å². The summed E-state index contributed by atoms with van der Waals surface area (Å²) in [6.45, 7) is 0. The summed E-state index contributed by atoms with van der Waals surface area (Å²) in [5.74, 6) is 2.39. The van der Waals surface area contributed by atoms with Crippen LogP contribution >= 0.6 is 0 Å². The van der Waals surface area contributed by atoms with Crippen LogP contribution in [0.5, 0.6) is 5.75 Å². The third kappa shape index (κ3) is 3.17. The van der Waals surface area contributed by atoms with Gasteiger partial charge in [0.05, 0.1) is 19.6 Å². The largest absolute Gasteiger partial charge is 0.497 e. The number of rotatable bonds is 6. The van der Waals surface area contributed by atoms with Gasteiger partial charge in [0.15, 0.2) is 5.82 Å². The molecule has 5 heteroatoms. The van der Waals surface area contributed by atoms with Crippen molar-refractivity contribution >= 4 is 0 Å². The predicted octanol–water partition coefficient (Wildman–Crippen LogP) is 1.98. The summed E-state index contributed by atoms with van der Waals surface area (Å²) in [5, 5.41) is 13.8. The van der Waals surface area contributed by atoms with Crippen molar-refractivity contribution in [2.24, 2.45) is 5.92 Å². The Morgan fingerprint density at radius 2 is 2.30 bits per heavy atom. The lowest BCUT2D eigenvalue weighted by atomic mass is 10.1. The first-order chi connectivity index (χ1) is 9.74. The predicted molar refractivity (Wildman–Crippen MR) is 72.5 cm³/mol. The SMILES string of the molecule is COc1cccc(Cc2noc(CC(O)C3CC3)n2)c1. The number of ether oxygens (including phenoxy) is 1. The molecule has 1 aliphatic carbocycles. The number of aromatic nitrogens is 2. The number of hydrogen-bond donors (Lipinski definition) is 1. The summed E-state index contributed by atoms with van der Waals surface area (Å²) in [6, 6.07) is 7.79. The highest BCUT2D eigenvalue weighted by Crippen LogP contribution is 2.33. The smallest absolute Gasteiger partial charge is 0.229 e. The molecule has 0 aliphatic heterocycles. The molecule has 5 nitrogen and oxygen atoms in total. The molecule has 1 N–H and O–H groups in total. The van der Waals surface area contributed by atoms with Crippen molar-refractivity contribution in [1.82, 2.24) is 10.1 Å². The van der Waals surface area contributed by atoms with Gasteiger partial charge in [-0.1, -0.05) is 17.3 Å². The first-order valence-electron chi connectivity index (χ1n) is 6.87. The molecule has 20 heavy (non-hydrogen) atoms. The van der Waals surface area contributed by atoms with Crippen LogP contribution in [0.15, 0.2) is 28.8 Å². The van der Waals surface area contributed by atoms with Gasteiger partial charge in [-0.2, -0.15) is 4.98 Å². The van der Waals surface area contributed by atoms with Crippen molar-refractivity contribution < 1.29 is 14.4 Å². The molecule has 3 rings (SSSR count). The van der Waals surface area contributed by atoms with E-state index in [0.29, 0.717) is 30.5 Å². The summed E-state index contributed by atoms with van der Waals surface area (Å²) in [5.41, 5.74) is 1.07. The number of methoxy groups -OCH3 is 1. The van der Waals surface area contributed by atoms with Crippen LogP contribution in [0, 0.1) is 5.92 Å². The second-order valence-corrected chi connectivity index (χ2v) is 5.24. The van der Waals surface area contributed by atoms with E-state index in [9.17, 15) is 5.11 Å². The minimum absolute atomic E-state index is 0.347. The normalized spacial score (nSPS) is 16.1. The van der Waals surface area contributed by atoms with Crippen LogP contribution in [0.3, 0.4) is 0 Å². The fourth-order valence-electron chi connectivity index (χ4n) is 2.24. The van der Waals surface area contributed by atoms with Crippen LogP contribution in [0.1, 0.15) is 30.1 Å². The molecule has 0 amide bonds. The van der Waals surface area contributed by atoms with E-state index in [-0.39, 0.29) is 6.10 Å². The van der Waals surface area contributed by atoms with Crippen LogP contribution in [-0.2, 0) is 12.8 Å². The van der Waals surface area contributed by atoms with Gasteiger partial charge in [-0.25, -0.2) is 0 Å². The molecule has 0 bridgehead atoms. The van der Waals surface area contributed by atoms with E-state index < -0.39 is 0 Å². The lowest BCUT2D eigenvalue weighted by Crippen LogP contribution is -2.12. The standard InChI is InChI=1S/C15H18N2O3/c1-19-12-4-2-3-10(7-12)8-14-16-15(20-17-14)9-13(18)11-5-6-11/h2-4,7,11,13,18H,5-6,8-9H2,1H3. The third-order valence-electron chi connectivity index (χ3n) is 3.56. The maximum atomic E-state index is 9.87. The minimum Gasteiger partial charge on any atom is -0.497 e. The maximum absolute atomic E-state index is 9.87. The molecule has 1 saturated carbocycles. The summed E-state index contributed by atoms with van der Waals surface area (Å²) in [6.07, 6.45) is 2.91. The molecule has 1 fully saturated rings. The summed E-state index contributed by atoms with van der Waals surface area (Å²) in [4.78, 5) is 4.33. The fourth-order valence-corrected chi connectivity index (χ4v) is 2.24. The Kier molecular flexibility index (Phi) is 3.69. The number of aliphatic hydroxyl groups is 1. The molecule has 1 atom stereocenters. The van der Waals surface area contributed by atoms with Gasteiger partial charge in [0.2, 0.25) is 5.89 Å². The molecule has 1 aromatic heterocycles. The zero-order valence-corrected chi connectivity index (χ0v) is 11.5. The van der Waals surface area contributed by atoms with Crippen molar-refractivity contribution in [1.29, 1.82) is 0 Å². The Labute approximate surface area is 117 Å². The average molecular weight is 274 g/mol. The first kappa shape index (κ1) is 13.1. The van der Waals surface area contributed by atoms with Gasteiger partial charge in [0.1, 0.15) is 5.75 Å². The van der Waals surface area contributed by atoms with Crippen LogP contribution in [0.4, 0.5) is 0 Å². The zero-order valence-electron chi connectivity index (χ0n) is 11.5. The molecule has 1 unspecified atom stereocenters. The van der Waals surface area contributed by atoms with Crippen molar-refractivity contribution in [3.63, 3.8) is 0 Å². The maximum Gasteiger partial charge on any atom is 0.229 e. The summed E-state index contributed by atoms with van der Waals surface area (Å²) >= 11 is 0. The molecule has 106 valence electrons. The van der Waals surface area contributed by atoms with Crippen LogP contribution in [0.25, 0.3) is 0 Å². The molecule has 0 radical (unpaired) electrons. The molecule has 0 saturated heterocycles. The Morgan fingerprint density at radius 3 is 3.05 bits per heavy atom. The number of hydrogen-bond acceptors (Lipinski definition) is 5. The van der Waals surface area contributed by atoms with E-state index in [1.807, 2.05) is 24.3 Å². The van der Waals surface area contributed by atoms with Gasteiger partial charge < -0.3 is 14.4 Å². The monoisotopic (exact) mass is 274 g/mol. The van der Waals surface area contributed by atoms with Crippen LogP contribution in [-0.4, -0.2) is 28.5 Å². The number of benzene rings is 1. The van der Waals surface area contributed by atoms with Crippen molar-refractivity contribution in [3.8, 4) is 5.75 Å². The summed E-state index contributed by atoms with van der Waals surface area (Å²) in [7, 11) is 1.64. The van der Waals surface area contributed by atoms with Crippen molar-refractivity contribution in [3.05, 3.63) is 41.5 Å². The second kappa shape index (κ2) is 5.63. The quantitative estimate of drug-likeness (QED) is 0.872. The molecule has 1 aliphatic rings. The Hall–Kier alpha value is -1.88. The molecule has 0 spiro atoms. The van der Waals surface area contributed by atoms with Gasteiger partial charge in [0.25, 0.3) is 0 Å². The third-order valence-corrected chi connectivity index (χ3v) is 3.56. The Morgan fingerprint density at radius 1 is 1.45 bits per heavy atom. The van der Waals surface area contributed by atoms with Gasteiger partial charge in [0, 0.05) is 6.42 Å². The zero-order chi connectivity index (χ0) is 13.9. The van der Waals surface area contributed by atoms with E-state index in [4.69, 9.17) is 9.26 Å². The van der Waals surface area contributed by atoms with E-state index in [1.54, 1.807) is 7.11 Å². The van der Waals surface area contributed by atoms with Crippen molar-refractivity contribution in [2.75, 3.05) is 7.11 Å². The fraction of sp³-hybridized carbons (Fsp3) is 0.467. The van der Waals surface area contributed by atoms with E-state index in [0.717, 1.165) is 24.2 Å². The molecule has 2 aromatic rings. The van der Waals surface area contributed by atoms with Crippen molar-refractivity contribution in [2.45, 2.75) is 31.8 Å². The van der Waals surface area contributed by atoms with Gasteiger partial charge in [-0.3, -0.25) is 0 Å². The van der Waals surface area contributed by atoms with Gasteiger partial charge >= 0.3 is 0 Å². The molecule has 1 aromatic carbocycles. The molecular weight excluding hydrogens is 256 g/mol. The highest BCUT2D eigenvalue weighted by molar-refractivity contribution is 5.30. The Bertz CT molecular complexity index is 578. The lowest BCUT2D eigenvalue weighted by molar-refractivity contribution is 0.140. The summed E-state index contributed by atoms with van der Waals surface area (Å²) < 4.78 is 10.4. The highest BCUT2D eigenvalue weighted by Gasteiger charge is 2.31. The lowest BCUT2D eigenvalue weighted by Gasteiger charge is -2.03. The second-order valence-electron chi connectivity index (χ2n) is 5.24. The van der Waals surface area contributed by atoms with E-state index in [2.05, 4.69) is 10.1 Å². The molecule has 1 heterocycles. The molecular formula is C15H18N2O3. The van der Waals surface area contributed by atoms with Gasteiger partial charge in [-0.05, 0) is 36.5 Å². The first-order valence-corrected chi connectivity index (χ1v) is 6.87. The average Bonchev–Trinajstić information content (AvgIpc) is 3.22. The van der Waals surface area contributed by atoms with E-state index >= 15 is 0 Å². The topological polar surface area (TPSA) is 68.4 Å². The Balaban J connectivity index is 1.63. The number of aliphatic hydroxyl groups excluding tert-OH is 1. The number of nitrogens with zero attached hydrogens (tertiary/aromatic N) is 2. The minimum atomic E-state index is -0.347. The van der Waals surface area contributed by atoms with Crippen LogP contribution in [0.2, 0.25) is 0 Å². The highest BCUT2D eigenvalue weighted by atomic mass is 16.5.